The van der Waals surface area contributed by atoms with Crippen molar-refractivity contribution >= 4 is 17.5 Å². The number of hydrogen-bond acceptors (Lipinski definition) is 3. The van der Waals surface area contributed by atoms with Crippen molar-refractivity contribution in [3.63, 3.8) is 0 Å². The molecule has 0 aliphatic carbocycles. The molecule has 5 heteroatoms. The van der Waals surface area contributed by atoms with Crippen LogP contribution in [0.15, 0.2) is 18.2 Å². The van der Waals surface area contributed by atoms with Gasteiger partial charge in [0.05, 0.1) is 12.7 Å². The summed E-state index contributed by atoms with van der Waals surface area (Å²) in [6, 6.07) is 4.65. The molecule has 1 aromatic carbocycles. The van der Waals surface area contributed by atoms with Gasteiger partial charge in [-0.3, -0.25) is 4.79 Å². The van der Waals surface area contributed by atoms with E-state index < -0.39 is 0 Å². The van der Waals surface area contributed by atoms with Gasteiger partial charge in [0, 0.05) is 24.5 Å². The van der Waals surface area contributed by atoms with E-state index in [1.807, 2.05) is 13.8 Å². The lowest BCUT2D eigenvalue weighted by Gasteiger charge is -2.26. The second-order valence-corrected chi connectivity index (χ2v) is 4.54. The van der Waals surface area contributed by atoms with E-state index in [9.17, 15) is 9.90 Å². The summed E-state index contributed by atoms with van der Waals surface area (Å²) < 4.78 is 4.98. The Balaban J connectivity index is 3.01. The quantitative estimate of drug-likeness (QED) is 0.837. The Morgan fingerprint density at radius 2 is 2.17 bits per heavy atom. The van der Waals surface area contributed by atoms with E-state index >= 15 is 0 Å². The van der Waals surface area contributed by atoms with Gasteiger partial charge in [-0.2, -0.15) is 0 Å². The van der Waals surface area contributed by atoms with Crippen molar-refractivity contribution in [2.75, 3.05) is 19.5 Å². The molecule has 0 aliphatic rings. The van der Waals surface area contributed by atoms with Crippen LogP contribution in [0.25, 0.3) is 0 Å². The van der Waals surface area contributed by atoms with Crippen LogP contribution in [0.4, 0.5) is 0 Å². The highest BCUT2D eigenvalue weighted by Gasteiger charge is 2.21. The van der Waals surface area contributed by atoms with E-state index in [0.29, 0.717) is 18.2 Å². The van der Waals surface area contributed by atoms with Gasteiger partial charge in [-0.15, -0.1) is 11.6 Å². The number of methoxy groups -OCH3 is 1. The average Bonchev–Trinajstić information content (AvgIpc) is 2.34. The molecule has 100 valence electrons. The lowest BCUT2D eigenvalue weighted by atomic mass is 10.1. The summed E-state index contributed by atoms with van der Waals surface area (Å²) in [6.07, 6.45) is 0. The smallest absolute Gasteiger partial charge is 0.257 e. The summed E-state index contributed by atoms with van der Waals surface area (Å²) in [4.78, 5) is 13.9. The zero-order valence-corrected chi connectivity index (χ0v) is 11.6. The molecule has 0 atom stereocenters. The fraction of sp³-hybridized carbons (Fsp3) is 0.462. The van der Waals surface area contributed by atoms with Crippen molar-refractivity contribution in [1.82, 2.24) is 4.90 Å². The van der Waals surface area contributed by atoms with Gasteiger partial charge in [0.2, 0.25) is 0 Å². The predicted molar refractivity (Wildman–Crippen MR) is 71.6 cm³/mol. The van der Waals surface area contributed by atoms with Gasteiger partial charge in [0.25, 0.3) is 5.91 Å². The minimum atomic E-state index is -0.231. The molecule has 0 saturated heterocycles. The van der Waals surface area contributed by atoms with E-state index in [2.05, 4.69) is 0 Å². The minimum absolute atomic E-state index is 0.0257. The number of alkyl halides is 1. The Morgan fingerprint density at radius 1 is 1.50 bits per heavy atom. The van der Waals surface area contributed by atoms with Crippen LogP contribution in [0.1, 0.15) is 24.2 Å². The van der Waals surface area contributed by atoms with E-state index in [1.54, 1.807) is 17.0 Å². The molecule has 0 spiro atoms. The minimum Gasteiger partial charge on any atom is -0.507 e. The second-order valence-electron chi connectivity index (χ2n) is 4.16. The SMILES string of the molecule is COc1ccc(C(=O)N(CCCl)C(C)C)c(O)c1. The van der Waals surface area contributed by atoms with Gasteiger partial charge >= 0.3 is 0 Å². The summed E-state index contributed by atoms with van der Waals surface area (Å²) in [5.74, 6) is 0.559. The van der Waals surface area contributed by atoms with Gasteiger partial charge in [-0.1, -0.05) is 0 Å². The van der Waals surface area contributed by atoms with Crippen molar-refractivity contribution in [3.8, 4) is 11.5 Å². The number of carbonyl (C=O) groups is 1. The average molecular weight is 272 g/mol. The van der Waals surface area contributed by atoms with Gasteiger partial charge in [-0.25, -0.2) is 0 Å². The van der Waals surface area contributed by atoms with Crippen LogP contribution in [0.5, 0.6) is 11.5 Å². The molecular formula is C13H18ClNO3. The summed E-state index contributed by atoms with van der Waals surface area (Å²) in [6.45, 7) is 4.26. The molecule has 0 saturated carbocycles. The van der Waals surface area contributed by atoms with E-state index in [4.69, 9.17) is 16.3 Å². The molecular weight excluding hydrogens is 254 g/mol. The molecule has 0 unspecified atom stereocenters. The topological polar surface area (TPSA) is 49.8 Å². The molecule has 1 aromatic rings. The van der Waals surface area contributed by atoms with Gasteiger partial charge < -0.3 is 14.7 Å². The highest BCUT2D eigenvalue weighted by Crippen LogP contribution is 2.25. The van der Waals surface area contributed by atoms with Crippen molar-refractivity contribution < 1.29 is 14.6 Å². The molecule has 0 fully saturated rings. The fourth-order valence-corrected chi connectivity index (χ4v) is 1.84. The molecule has 4 nitrogen and oxygen atoms in total. The first kappa shape index (κ1) is 14.6. The van der Waals surface area contributed by atoms with Crippen LogP contribution in [-0.2, 0) is 0 Å². The number of ether oxygens (including phenoxy) is 1. The zero-order chi connectivity index (χ0) is 13.7. The largest absolute Gasteiger partial charge is 0.507 e. The molecule has 0 bridgehead atoms. The molecule has 1 amide bonds. The molecule has 18 heavy (non-hydrogen) atoms. The van der Waals surface area contributed by atoms with Crippen LogP contribution in [0.3, 0.4) is 0 Å². The lowest BCUT2D eigenvalue weighted by Crippen LogP contribution is -2.38. The predicted octanol–water partition coefficient (Wildman–Crippen LogP) is 2.49. The van der Waals surface area contributed by atoms with Crippen LogP contribution in [0, 0.1) is 0 Å². The Bertz CT molecular complexity index is 421. The van der Waals surface area contributed by atoms with Crippen molar-refractivity contribution in [3.05, 3.63) is 23.8 Å². The third kappa shape index (κ3) is 3.29. The number of hydrogen-bond donors (Lipinski definition) is 1. The first-order valence-electron chi connectivity index (χ1n) is 5.75. The third-order valence-electron chi connectivity index (χ3n) is 2.64. The normalized spacial score (nSPS) is 10.5. The standard InChI is InChI=1S/C13H18ClNO3/c1-9(2)15(7-6-14)13(17)11-5-4-10(18-3)8-12(11)16/h4-5,8-9,16H,6-7H2,1-3H3. The molecule has 0 heterocycles. The van der Waals surface area contributed by atoms with Gasteiger partial charge in [0.15, 0.2) is 0 Å². The maximum Gasteiger partial charge on any atom is 0.257 e. The number of amides is 1. The number of nitrogens with zero attached hydrogens (tertiary/aromatic N) is 1. The van der Waals surface area contributed by atoms with Crippen LogP contribution in [0.2, 0.25) is 0 Å². The monoisotopic (exact) mass is 271 g/mol. The summed E-state index contributed by atoms with van der Waals surface area (Å²) in [5.41, 5.74) is 0.259. The fourth-order valence-electron chi connectivity index (χ4n) is 1.66. The Kier molecular flexibility index (Phi) is 5.28. The summed E-state index contributed by atoms with van der Waals surface area (Å²) in [7, 11) is 1.50. The van der Waals surface area contributed by atoms with Crippen LogP contribution in [-0.4, -0.2) is 41.5 Å². The second kappa shape index (κ2) is 6.50. The van der Waals surface area contributed by atoms with E-state index in [1.165, 1.54) is 13.2 Å². The molecule has 0 aliphatic heterocycles. The summed E-state index contributed by atoms with van der Waals surface area (Å²) >= 11 is 5.68. The Morgan fingerprint density at radius 3 is 2.61 bits per heavy atom. The molecule has 1 rings (SSSR count). The Labute approximate surface area is 112 Å². The maximum absolute atomic E-state index is 12.3. The van der Waals surface area contributed by atoms with E-state index in [0.717, 1.165) is 0 Å². The van der Waals surface area contributed by atoms with Gasteiger partial charge in [0.1, 0.15) is 11.5 Å². The number of benzene rings is 1. The van der Waals surface area contributed by atoms with Gasteiger partial charge in [-0.05, 0) is 26.0 Å². The summed E-state index contributed by atoms with van der Waals surface area (Å²) in [5, 5.41) is 9.83. The first-order valence-corrected chi connectivity index (χ1v) is 6.28. The van der Waals surface area contributed by atoms with Crippen molar-refractivity contribution in [2.45, 2.75) is 19.9 Å². The highest BCUT2D eigenvalue weighted by atomic mass is 35.5. The molecule has 1 N–H and O–H groups in total. The number of phenolic OH excluding ortho intramolecular Hbond substituents is 1. The number of carbonyl (C=O) groups excluding carboxylic acids is 1. The number of phenols is 1. The zero-order valence-electron chi connectivity index (χ0n) is 10.8. The Hall–Kier alpha value is -1.42. The maximum atomic E-state index is 12.3. The lowest BCUT2D eigenvalue weighted by molar-refractivity contribution is 0.0715. The third-order valence-corrected chi connectivity index (χ3v) is 2.81. The van der Waals surface area contributed by atoms with Crippen molar-refractivity contribution in [1.29, 1.82) is 0 Å². The molecule has 0 aromatic heterocycles. The number of aromatic hydroxyl groups is 1. The number of halogens is 1. The van der Waals surface area contributed by atoms with Crippen LogP contribution < -0.4 is 4.74 Å². The highest BCUT2D eigenvalue weighted by molar-refractivity contribution is 6.18. The number of rotatable bonds is 5. The van der Waals surface area contributed by atoms with E-state index in [-0.39, 0.29) is 23.3 Å². The van der Waals surface area contributed by atoms with Crippen LogP contribution >= 0.6 is 11.6 Å². The van der Waals surface area contributed by atoms with Crippen molar-refractivity contribution in [2.24, 2.45) is 0 Å². The first-order chi connectivity index (χ1) is 8.51. The molecule has 0 radical (unpaired) electrons.